The van der Waals surface area contributed by atoms with Crippen LogP contribution < -0.4 is 10.6 Å². The molecule has 0 spiro atoms. The van der Waals surface area contributed by atoms with E-state index >= 15 is 0 Å². The van der Waals surface area contributed by atoms with E-state index < -0.39 is 10.0 Å². The maximum Gasteiger partial charge on any atom is 0.271 e. The van der Waals surface area contributed by atoms with Crippen LogP contribution in [0.1, 0.15) is 10.5 Å². The third-order valence-corrected chi connectivity index (χ3v) is 6.27. The molecule has 0 aromatic carbocycles. The Hall–Kier alpha value is -1.23. The SMILES string of the molecule is CNc1nc(C(=O)N[C@H]2COC[C@H]2CS(=O)(=O)N(C)C)cs1. The lowest BCUT2D eigenvalue weighted by atomic mass is 10.1. The molecule has 0 bridgehead atoms. The van der Waals surface area contributed by atoms with Crippen molar-refractivity contribution >= 4 is 32.4 Å². The van der Waals surface area contributed by atoms with Gasteiger partial charge in [-0.05, 0) is 0 Å². The van der Waals surface area contributed by atoms with Gasteiger partial charge in [-0.3, -0.25) is 4.79 Å². The number of amides is 1. The van der Waals surface area contributed by atoms with E-state index in [4.69, 9.17) is 4.74 Å². The molecular formula is C12H20N4O4S2. The summed E-state index contributed by atoms with van der Waals surface area (Å²) >= 11 is 1.33. The first-order valence-corrected chi connectivity index (χ1v) is 9.24. The molecule has 22 heavy (non-hydrogen) atoms. The number of nitrogens with zero attached hydrogens (tertiary/aromatic N) is 2. The van der Waals surface area contributed by atoms with Gasteiger partial charge < -0.3 is 15.4 Å². The predicted molar refractivity (Wildman–Crippen MR) is 84.7 cm³/mol. The zero-order valence-electron chi connectivity index (χ0n) is 12.7. The van der Waals surface area contributed by atoms with Crippen LogP contribution in [0.5, 0.6) is 0 Å². The van der Waals surface area contributed by atoms with E-state index in [9.17, 15) is 13.2 Å². The summed E-state index contributed by atoms with van der Waals surface area (Å²) in [7, 11) is 1.38. The number of thiazole rings is 1. The molecule has 1 aliphatic rings. The van der Waals surface area contributed by atoms with Gasteiger partial charge in [-0.15, -0.1) is 11.3 Å². The lowest BCUT2D eigenvalue weighted by molar-refractivity contribution is 0.0921. The molecule has 1 saturated heterocycles. The van der Waals surface area contributed by atoms with Crippen LogP contribution in [0, 0.1) is 5.92 Å². The van der Waals surface area contributed by atoms with Gasteiger partial charge in [0.2, 0.25) is 10.0 Å². The fourth-order valence-corrected chi connectivity index (χ4v) is 3.90. The third-order valence-electron chi connectivity index (χ3n) is 3.45. The molecule has 2 rings (SSSR count). The van der Waals surface area contributed by atoms with Crippen molar-refractivity contribution in [1.82, 2.24) is 14.6 Å². The van der Waals surface area contributed by atoms with Crippen molar-refractivity contribution in [3.8, 4) is 0 Å². The Morgan fingerprint density at radius 1 is 1.50 bits per heavy atom. The highest BCUT2D eigenvalue weighted by molar-refractivity contribution is 7.89. The van der Waals surface area contributed by atoms with Crippen molar-refractivity contribution in [3.63, 3.8) is 0 Å². The van der Waals surface area contributed by atoms with E-state index in [1.54, 1.807) is 12.4 Å². The van der Waals surface area contributed by atoms with Crippen molar-refractivity contribution in [3.05, 3.63) is 11.1 Å². The molecule has 1 aliphatic heterocycles. The van der Waals surface area contributed by atoms with Gasteiger partial charge in [0, 0.05) is 32.4 Å². The van der Waals surface area contributed by atoms with Gasteiger partial charge >= 0.3 is 0 Å². The molecule has 10 heteroatoms. The number of ether oxygens (including phenoxy) is 1. The van der Waals surface area contributed by atoms with Gasteiger partial charge in [-0.25, -0.2) is 17.7 Å². The van der Waals surface area contributed by atoms with Crippen molar-refractivity contribution < 1.29 is 17.9 Å². The van der Waals surface area contributed by atoms with Gasteiger partial charge in [0.1, 0.15) is 5.69 Å². The highest BCUT2D eigenvalue weighted by atomic mass is 32.2. The monoisotopic (exact) mass is 348 g/mol. The number of carbonyl (C=O) groups is 1. The summed E-state index contributed by atoms with van der Waals surface area (Å²) in [4.78, 5) is 16.3. The number of hydrogen-bond donors (Lipinski definition) is 2. The fraction of sp³-hybridized carbons (Fsp3) is 0.667. The number of sulfonamides is 1. The summed E-state index contributed by atoms with van der Waals surface area (Å²) in [5.74, 6) is -0.636. The van der Waals surface area contributed by atoms with Crippen molar-refractivity contribution in [2.24, 2.45) is 5.92 Å². The predicted octanol–water partition coefficient (Wildman–Crippen LogP) is -0.179. The van der Waals surface area contributed by atoms with Gasteiger partial charge in [-0.1, -0.05) is 0 Å². The van der Waals surface area contributed by atoms with Gasteiger partial charge in [0.25, 0.3) is 5.91 Å². The molecule has 124 valence electrons. The average Bonchev–Trinajstić information content (AvgIpc) is 3.08. The minimum atomic E-state index is -3.34. The minimum Gasteiger partial charge on any atom is -0.379 e. The Kier molecular flexibility index (Phi) is 5.37. The minimum absolute atomic E-state index is 0.0518. The molecule has 1 fully saturated rings. The number of carbonyl (C=O) groups excluding carboxylic acids is 1. The molecule has 0 saturated carbocycles. The summed E-state index contributed by atoms with van der Waals surface area (Å²) in [6.07, 6.45) is 0. The largest absolute Gasteiger partial charge is 0.379 e. The third kappa shape index (κ3) is 3.94. The maximum absolute atomic E-state index is 12.2. The number of rotatable bonds is 6. The topological polar surface area (TPSA) is 101 Å². The quantitative estimate of drug-likeness (QED) is 0.740. The first-order valence-electron chi connectivity index (χ1n) is 6.75. The molecule has 1 amide bonds. The van der Waals surface area contributed by atoms with Crippen LogP contribution in [0.25, 0.3) is 0 Å². The molecule has 2 N–H and O–H groups in total. The normalized spacial score (nSPS) is 22.0. The molecule has 2 atom stereocenters. The standard InChI is InChI=1S/C12H20N4O4S2/c1-13-12-15-10(6-21-12)11(17)14-9-5-20-4-8(9)7-22(18,19)16(2)3/h6,8-9H,4-5,7H2,1-3H3,(H,13,15)(H,14,17)/t8-,9-/m0/s1. The summed E-state index contributed by atoms with van der Waals surface area (Å²) in [5, 5.41) is 7.99. The van der Waals surface area contributed by atoms with Gasteiger partial charge in [0.15, 0.2) is 5.13 Å². The van der Waals surface area contributed by atoms with Crippen molar-refractivity contribution in [1.29, 1.82) is 0 Å². The highest BCUT2D eigenvalue weighted by Crippen LogP contribution is 2.19. The highest BCUT2D eigenvalue weighted by Gasteiger charge is 2.34. The lowest BCUT2D eigenvalue weighted by Gasteiger charge is -2.20. The zero-order chi connectivity index (χ0) is 16.3. The fourth-order valence-electron chi connectivity index (χ4n) is 2.08. The van der Waals surface area contributed by atoms with Crippen LogP contribution in [0.2, 0.25) is 0 Å². The smallest absolute Gasteiger partial charge is 0.271 e. The lowest BCUT2D eigenvalue weighted by Crippen LogP contribution is -2.43. The maximum atomic E-state index is 12.2. The first-order chi connectivity index (χ1) is 10.3. The van der Waals surface area contributed by atoms with Crippen LogP contribution in [0.4, 0.5) is 5.13 Å². The molecule has 2 heterocycles. The molecule has 1 aromatic heterocycles. The Balaban J connectivity index is 2.00. The van der Waals surface area contributed by atoms with Crippen molar-refractivity contribution in [2.45, 2.75) is 6.04 Å². The zero-order valence-corrected chi connectivity index (χ0v) is 14.3. The summed E-state index contributed by atoms with van der Waals surface area (Å²) in [6.45, 7) is 0.624. The van der Waals surface area contributed by atoms with E-state index in [0.29, 0.717) is 24.0 Å². The van der Waals surface area contributed by atoms with Crippen LogP contribution in [-0.4, -0.2) is 69.8 Å². The van der Waals surface area contributed by atoms with Crippen LogP contribution in [0.15, 0.2) is 5.38 Å². The number of aromatic nitrogens is 1. The van der Waals surface area contributed by atoms with Crippen LogP contribution in [-0.2, 0) is 14.8 Å². The molecular weight excluding hydrogens is 328 g/mol. The van der Waals surface area contributed by atoms with Gasteiger partial charge in [0.05, 0.1) is 25.0 Å². The van der Waals surface area contributed by atoms with E-state index in [2.05, 4.69) is 15.6 Å². The summed E-state index contributed by atoms with van der Waals surface area (Å²) in [5.41, 5.74) is 0.315. The summed E-state index contributed by atoms with van der Waals surface area (Å²) in [6, 6.07) is -0.332. The Bertz CT molecular complexity index is 629. The Morgan fingerprint density at radius 2 is 2.23 bits per heavy atom. The molecule has 0 unspecified atom stereocenters. The van der Waals surface area contributed by atoms with E-state index in [-0.39, 0.29) is 23.6 Å². The molecule has 1 aromatic rings. The second kappa shape index (κ2) is 6.90. The van der Waals surface area contributed by atoms with E-state index in [0.717, 1.165) is 0 Å². The number of nitrogens with one attached hydrogen (secondary N) is 2. The summed E-state index contributed by atoms with van der Waals surface area (Å²) < 4.78 is 30.5. The Labute approximate surface area is 133 Å². The van der Waals surface area contributed by atoms with Gasteiger partial charge in [-0.2, -0.15) is 0 Å². The van der Waals surface area contributed by atoms with Crippen LogP contribution in [0.3, 0.4) is 0 Å². The Morgan fingerprint density at radius 3 is 2.82 bits per heavy atom. The molecule has 0 aliphatic carbocycles. The second-order valence-corrected chi connectivity index (χ2v) is 8.31. The number of hydrogen-bond acceptors (Lipinski definition) is 7. The second-order valence-electron chi connectivity index (χ2n) is 5.23. The number of anilines is 1. The van der Waals surface area contributed by atoms with Crippen molar-refractivity contribution in [2.75, 3.05) is 45.4 Å². The first kappa shape index (κ1) is 17.1. The van der Waals surface area contributed by atoms with E-state index in [1.807, 2.05) is 0 Å². The average molecular weight is 348 g/mol. The molecule has 0 radical (unpaired) electrons. The van der Waals surface area contributed by atoms with Crippen LogP contribution >= 0.6 is 11.3 Å². The van der Waals surface area contributed by atoms with E-state index in [1.165, 1.54) is 29.7 Å². The molecule has 8 nitrogen and oxygen atoms in total.